The van der Waals surface area contributed by atoms with Crippen LogP contribution >= 0.6 is 15.9 Å². The fourth-order valence-corrected chi connectivity index (χ4v) is 1.38. The Bertz CT molecular complexity index is 510. The van der Waals surface area contributed by atoms with Crippen LogP contribution in [-0.4, -0.2) is 15.0 Å². The van der Waals surface area contributed by atoms with Gasteiger partial charge in [-0.25, -0.2) is 4.98 Å². The first-order valence-electron chi connectivity index (χ1n) is 4.39. The summed E-state index contributed by atoms with van der Waals surface area (Å²) in [5.74, 6) is 0.613. The Morgan fingerprint density at radius 2 is 2.20 bits per heavy atom. The van der Waals surface area contributed by atoms with Crippen LogP contribution in [0.2, 0.25) is 0 Å². The van der Waals surface area contributed by atoms with E-state index in [0.717, 1.165) is 5.69 Å². The van der Waals surface area contributed by atoms with Crippen LogP contribution in [0.3, 0.4) is 0 Å². The van der Waals surface area contributed by atoms with E-state index >= 15 is 0 Å². The number of aromatic amines is 1. The molecule has 0 saturated heterocycles. The summed E-state index contributed by atoms with van der Waals surface area (Å²) >= 11 is 3.09. The molecule has 2 aromatic heterocycles. The first-order chi connectivity index (χ1) is 7.25. The van der Waals surface area contributed by atoms with Gasteiger partial charge < -0.3 is 4.98 Å². The molecule has 2 rings (SSSR count). The van der Waals surface area contributed by atoms with E-state index in [9.17, 15) is 4.79 Å². The summed E-state index contributed by atoms with van der Waals surface area (Å²) in [6, 6.07) is 5.64. The molecule has 0 aromatic carbocycles. The van der Waals surface area contributed by atoms with Crippen molar-refractivity contribution >= 4 is 15.9 Å². The van der Waals surface area contributed by atoms with Crippen LogP contribution in [0.4, 0.5) is 0 Å². The van der Waals surface area contributed by atoms with E-state index in [2.05, 4.69) is 30.9 Å². The third-order valence-corrected chi connectivity index (χ3v) is 2.45. The average Bonchev–Trinajstić information content (AvgIpc) is 2.25. The summed E-state index contributed by atoms with van der Waals surface area (Å²) < 4.78 is 0.437. The Morgan fingerprint density at radius 3 is 2.87 bits per heavy atom. The zero-order valence-corrected chi connectivity index (χ0v) is 9.36. The van der Waals surface area contributed by atoms with E-state index in [1.807, 2.05) is 18.2 Å². The van der Waals surface area contributed by atoms with Gasteiger partial charge in [0.1, 0.15) is 10.3 Å². The highest BCUT2D eigenvalue weighted by atomic mass is 79.9. The van der Waals surface area contributed by atoms with E-state index in [-0.39, 0.29) is 5.56 Å². The minimum atomic E-state index is -0.170. The molecule has 0 amide bonds. The molecule has 76 valence electrons. The van der Waals surface area contributed by atoms with Gasteiger partial charge in [0, 0.05) is 24.5 Å². The van der Waals surface area contributed by atoms with Gasteiger partial charge in [0.25, 0.3) is 5.56 Å². The van der Waals surface area contributed by atoms with Gasteiger partial charge in [0.05, 0.1) is 0 Å². The molecule has 0 spiro atoms. The van der Waals surface area contributed by atoms with Crippen molar-refractivity contribution in [2.24, 2.45) is 0 Å². The number of hydrogen-bond acceptors (Lipinski definition) is 3. The molecule has 0 aliphatic rings. The highest BCUT2D eigenvalue weighted by Gasteiger charge is 2.01. The molecule has 0 atom stereocenters. The van der Waals surface area contributed by atoms with Gasteiger partial charge in [0.2, 0.25) is 0 Å². The van der Waals surface area contributed by atoms with Crippen molar-refractivity contribution < 1.29 is 0 Å². The summed E-state index contributed by atoms with van der Waals surface area (Å²) in [4.78, 5) is 22.2. The van der Waals surface area contributed by atoms with Crippen LogP contribution in [0.15, 0.2) is 39.9 Å². The van der Waals surface area contributed by atoms with Gasteiger partial charge in [-0.15, -0.1) is 0 Å². The van der Waals surface area contributed by atoms with Crippen molar-refractivity contribution in [3.05, 3.63) is 56.9 Å². The molecule has 15 heavy (non-hydrogen) atoms. The number of pyridine rings is 1. The first kappa shape index (κ1) is 10.0. The molecule has 1 N–H and O–H groups in total. The van der Waals surface area contributed by atoms with Crippen LogP contribution in [0.1, 0.15) is 11.5 Å². The fourth-order valence-electron chi connectivity index (χ4n) is 1.18. The molecule has 0 saturated carbocycles. The highest BCUT2D eigenvalue weighted by molar-refractivity contribution is 9.10. The Morgan fingerprint density at radius 1 is 1.33 bits per heavy atom. The van der Waals surface area contributed by atoms with Crippen LogP contribution in [0.5, 0.6) is 0 Å². The Labute approximate surface area is 94.5 Å². The number of nitrogens with zero attached hydrogens (tertiary/aromatic N) is 2. The van der Waals surface area contributed by atoms with Crippen molar-refractivity contribution in [1.29, 1.82) is 0 Å². The minimum absolute atomic E-state index is 0.170. The van der Waals surface area contributed by atoms with E-state index in [4.69, 9.17) is 0 Å². The zero-order valence-electron chi connectivity index (χ0n) is 7.77. The smallest absolute Gasteiger partial charge is 0.265 e. The predicted octanol–water partition coefficient (Wildman–Crippen LogP) is 1.52. The maximum absolute atomic E-state index is 11.3. The highest BCUT2D eigenvalue weighted by Crippen LogP contribution is 2.02. The van der Waals surface area contributed by atoms with Crippen LogP contribution < -0.4 is 5.56 Å². The third kappa shape index (κ3) is 2.50. The van der Waals surface area contributed by atoms with Gasteiger partial charge in [-0.2, -0.15) is 0 Å². The summed E-state index contributed by atoms with van der Waals surface area (Å²) in [6.45, 7) is 0. The molecule has 0 unspecified atom stereocenters. The van der Waals surface area contributed by atoms with Crippen molar-refractivity contribution in [2.45, 2.75) is 6.42 Å². The minimum Gasteiger partial charge on any atom is -0.309 e. The largest absolute Gasteiger partial charge is 0.309 e. The molecule has 4 nitrogen and oxygen atoms in total. The molecule has 0 aliphatic heterocycles. The van der Waals surface area contributed by atoms with Crippen LogP contribution in [0, 0.1) is 0 Å². The quantitative estimate of drug-likeness (QED) is 0.896. The molecule has 0 fully saturated rings. The van der Waals surface area contributed by atoms with Crippen LogP contribution in [0.25, 0.3) is 0 Å². The molecular formula is C10H8BrN3O. The molecule has 0 aliphatic carbocycles. The van der Waals surface area contributed by atoms with Crippen LogP contribution in [-0.2, 0) is 6.42 Å². The van der Waals surface area contributed by atoms with Gasteiger partial charge >= 0.3 is 0 Å². The maximum Gasteiger partial charge on any atom is 0.265 e. The second-order valence-corrected chi connectivity index (χ2v) is 3.86. The number of rotatable bonds is 2. The monoisotopic (exact) mass is 265 g/mol. The topological polar surface area (TPSA) is 58.6 Å². The maximum atomic E-state index is 11.3. The van der Waals surface area contributed by atoms with Crippen molar-refractivity contribution in [1.82, 2.24) is 15.0 Å². The van der Waals surface area contributed by atoms with Crippen molar-refractivity contribution in [2.75, 3.05) is 0 Å². The Balaban J connectivity index is 2.26. The standard InChI is InChI=1S/C10H8BrN3O/c11-8-6-13-9(14-10(8)15)5-7-3-1-2-4-12-7/h1-4,6H,5H2,(H,13,14,15). The predicted molar refractivity (Wildman–Crippen MR) is 59.6 cm³/mol. The molecule has 0 radical (unpaired) electrons. The van der Waals surface area contributed by atoms with Gasteiger partial charge in [-0.1, -0.05) is 6.07 Å². The Kier molecular flexibility index (Phi) is 2.91. The molecule has 5 heteroatoms. The fraction of sp³-hybridized carbons (Fsp3) is 0.100. The first-order valence-corrected chi connectivity index (χ1v) is 5.18. The van der Waals surface area contributed by atoms with E-state index in [1.54, 1.807) is 6.20 Å². The number of aromatic nitrogens is 3. The summed E-state index contributed by atoms with van der Waals surface area (Å²) in [7, 11) is 0. The van der Waals surface area contributed by atoms with Gasteiger partial charge in [-0.3, -0.25) is 9.78 Å². The second kappa shape index (κ2) is 4.35. The lowest BCUT2D eigenvalue weighted by atomic mass is 10.2. The number of H-pyrrole nitrogens is 1. The van der Waals surface area contributed by atoms with E-state index < -0.39 is 0 Å². The lowest BCUT2D eigenvalue weighted by molar-refractivity contribution is 0.912. The van der Waals surface area contributed by atoms with E-state index in [1.165, 1.54) is 6.20 Å². The summed E-state index contributed by atoms with van der Waals surface area (Å²) in [6.07, 6.45) is 3.74. The molecule has 2 heterocycles. The number of hydrogen-bond donors (Lipinski definition) is 1. The zero-order chi connectivity index (χ0) is 10.7. The third-order valence-electron chi connectivity index (χ3n) is 1.88. The molecule has 2 aromatic rings. The summed E-state index contributed by atoms with van der Waals surface area (Å²) in [5, 5.41) is 0. The number of halogens is 1. The normalized spacial score (nSPS) is 10.2. The van der Waals surface area contributed by atoms with Crippen molar-refractivity contribution in [3.63, 3.8) is 0 Å². The lowest BCUT2D eigenvalue weighted by Crippen LogP contribution is -2.12. The lowest BCUT2D eigenvalue weighted by Gasteiger charge is -1.99. The van der Waals surface area contributed by atoms with E-state index in [0.29, 0.717) is 16.7 Å². The second-order valence-electron chi connectivity index (χ2n) is 3.00. The van der Waals surface area contributed by atoms with Gasteiger partial charge in [0.15, 0.2) is 0 Å². The Hall–Kier alpha value is -1.49. The molecular weight excluding hydrogens is 258 g/mol. The number of nitrogens with one attached hydrogen (secondary N) is 1. The van der Waals surface area contributed by atoms with Crippen molar-refractivity contribution in [3.8, 4) is 0 Å². The average molecular weight is 266 g/mol. The SMILES string of the molecule is O=c1[nH]c(Cc2ccccn2)ncc1Br. The summed E-state index contributed by atoms with van der Waals surface area (Å²) in [5.41, 5.74) is 0.707. The van der Waals surface area contributed by atoms with Gasteiger partial charge in [-0.05, 0) is 28.1 Å². The molecule has 0 bridgehead atoms.